The first-order valence-corrected chi connectivity index (χ1v) is 4.08. The number of methoxy groups -OCH3 is 1. The molecule has 0 bridgehead atoms. The van der Waals surface area contributed by atoms with E-state index < -0.39 is 0 Å². The number of hydrogen-bond acceptors (Lipinski definition) is 3. The molecule has 0 fully saturated rings. The average molecular weight is 168 g/mol. The lowest BCUT2D eigenvalue weighted by molar-refractivity contribution is 0.392. The largest absolute Gasteiger partial charge is 0.481 e. The number of ether oxygens (including phenoxy) is 1. The molecule has 0 aliphatic carbocycles. The highest BCUT2D eigenvalue weighted by Gasteiger charge is 2.00. The van der Waals surface area contributed by atoms with E-state index >= 15 is 0 Å². The maximum absolute atomic E-state index is 4.97. The molecule has 12 heavy (non-hydrogen) atoms. The van der Waals surface area contributed by atoms with Crippen molar-refractivity contribution >= 4 is 0 Å². The highest BCUT2D eigenvalue weighted by Crippen LogP contribution is 2.13. The first kappa shape index (κ1) is 10.9. The first-order chi connectivity index (χ1) is 5.75. The van der Waals surface area contributed by atoms with Gasteiger partial charge >= 0.3 is 0 Å². The summed E-state index contributed by atoms with van der Waals surface area (Å²) < 4.78 is 4.97. The minimum atomic E-state index is 0.660. The van der Waals surface area contributed by atoms with Gasteiger partial charge in [0.1, 0.15) is 6.33 Å². The molecule has 1 aromatic rings. The lowest BCUT2D eigenvalue weighted by Gasteiger charge is -2.02. The molecule has 1 rings (SSSR count). The Balaban J connectivity index is 0.000000561. The second-order valence-electron chi connectivity index (χ2n) is 2.09. The van der Waals surface area contributed by atoms with Crippen LogP contribution in [0.15, 0.2) is 6.33 Å². The minimum absolute atomic E-state index is 0.660. The molecule has 0 amide bonds. The van der Waals surface area contributed by atoms with Crippen molar-refractivity contribution in [3.63, 3.8) is 0 Å². The standard InChI is InChI=1S/C7H10N2O.C2H6/c1-5-6(2)8-4-9-7(5)10-3;1-2/h4H,1-3H3;1-2H3. The monoisotopic (exact) mass is 168 g/mol. The molecular formula is C9H16N2O. The number of aromatic nitrogens is 2. The van der Waals surface area contributed by atoms with Crippen molar-refractivity contribution < 1.29 is 4.74 Å². The van der Waals surface area contributed by atoms with E-state index in [-0.39, 0.29) is 0 Å². The molecule has 0 saturated heterocycles. The normalized spacial score (nSPS) is 8.42. The molecule has 0 saturated carbocycles. The lowest BCUT2D eigenvalue weighted by Crippen LogP contribution is -1.95. The molecule has 0 aromatic carbocycles. The zero-order chi connectivity index (χ0) is 9.56. The van der Waals surface area contributed by atoms with Crippen LogP contribution >= 0.6 is 0 Å². The Hall–Kier alpha value is -1.12. The van der Waals surface area contributed by atoms with Crippen molar-refractivity contribution in [2.75, 3.05) is 7.11 Å². The third-order valence-electron chi connectivity index (χ3n) is 1.48. The molecule has 68 valence electrons. The first-order valence-electron chi connectivity index (χ1n) is 4.08. The molecule has 1 aromatic heterocycles. The van der Waals surface area contributed by atoms with Crippen LogP contribution in [0.3, 0.4) is 0 Å². The van der Waals surface area contributed by atoms with E-state index in [1.165, 1.54) is 6.33 Å². The van der Waals surface area contributed by atoms with Gasteiger partial charge in [0.05, 0.1) is 7.11 Å². The molecule has 0 N–H and O–H groups in total. The molecule has 0 aliphatic heterocycles. The number of rotatable bonds is 1. The number of nitrogens with zero attached hydrogens (tertiary/aromatic N) is 2. The maximum atomic E-state index is 4.97. The van der Waals surface area contributed by atoms with Crippen molar-refractivity contribution in [3.05, 3.63) is 17.6 Å². The molecule has 3 nitrogen and oxygen atoms in total. The Bertz CT molecular complexity index is 236. The van der Waals surface area contributed by atoms with E-state index in [1.54, 1.807) is 7.11 Å². The van der Waals surface area contributed by atoms with Crippen LogP contribution in [0.4, 0.5) is 0 Å². The summed E-state index contributed by atoms with van der Waals surface area (Å²) in [6.07, 6.45) is 1.50. The molecule has 0 aliphatic rings. The Morgan fingerprint density at radius 1 is 1.17 bits per heavy atom. The predicted molar refractivity (Wildman–Crippen MR) is 49.4 cm³/mol. The Morgan fingerprint density at radius 3 is 2.17 bits per heavy atom. The summed E-state index contributed by atoms with van der Waals surface area (Å²) >= 11 is 0. The van der Waals surface area contributed by atoms with Gasteiger partial charge in [-0.05, 0) is 13.8 Å². The van der Waals surface area contributed by atoms with Crippen molar-refractivity contribution in [1.82, 2.24) is 9.97 Å². The number of aryl methyl sites for hydroxylation is 1. The summed E-state index contributed by atoms with van der Waals surface area (Å²) in [5, 5.41) is 0. The van der Waals surface area contributed by atoms with E-state index in [2.05, 4.69) is 9.97 Å². The fraction of sp³-hybridized carbons (Fsp3) is 0.556. The Kier molecular flexibility index (Phi) is 5.00. The molecular weight excluding hydrogens is 152 g/mol. The summed E-state index contributed by atoms with van der Waals surface area (Å²) in [5.74, 6) is 0.660. The highest BCUT2D eigenvalue weighted by atomic mass is 16.5. The Labute approximate surface area is 73.8 Å². The van der Waals surface area contributed by atoms with E-state index in [0.717, 1.165) is 11.3 Å². The predicted octanol–water partition coefficient (Wildman–Crippen LogP) is 2.13. The van der Waals surface area contributed by atoms with Crippen LogP contribution in [-0.2, 0) is 0 Å². The van der Waals surface area contributed by atoms with Gasteiger partial charge in [0.25, 0.3) is 0 Å². The zero-order valence-electron chi connectivity index (χ0n) is 8.38. The van der Waals surface area contributed by atoms with Gasteiger partial charge in [0.2, 0.25) is 5.88 Å². The van der Waals surface area contributed by atoms with Gasteiger partial charge in [-0.15, -0.1) is 0 Å². The van der Waals surface area contributed by atoms with Crippen molar-refractivity contribution in [2.45, 2.75) is 27.7 Å². The van der Waals surface area contributed by atoms with Crippen LogP contribution in [-0.4, -0.2) is 17.1 Å². The molecule has 0 atom stereocenters. The third-order valence-corrected chi connectivity index (χ3v) is 1.48. The molecule has 3 heteroatoms. The van der Waals surface area contributed by atoms with Gasteiger partial charge in [-0.3, -0.25) is 0 Å². The molecule has 0 unspecified atom stereocenters. The zero-order valence-corrected chi connectivity index (χ0v) is 8.38. The molecule has 1 heterocycles. The van der Waals surface area contributed by atoms with Crippen LogP contribution in [0.2, 0.25) is 0 Å². The van der Waals surface area contributed by atoms with E-state index in [0.29, 0.717) is 5.88 Å². The van der Waals surface area contributed by atoms with Crippen LogP contribution in [0.5, 0.6) is 5.88 Å². The van der Waals surface area contributed by atoms with Crippen LogP contribution < -0.4 is 4.74 Å². The minimum Gasteiger partial charge on any atom is -0.481 e. The summed E-state index contributed by atoms with van der Waals surface area (Å²) in [6, 6.07) is 0. The quantitative estimate of drug-likeness (QED) is 0.644. The third kappa shape index (κ3) is 2.49. The number of hydrogen-bond donors (Lipinski definition) is 0. The SMILES string of the molecule is CC.COc1ncnc(C)c1C. The van der Waals surface area contributed by atoms with E-state index in [4.69, 9.17) is 4.74 Å². The summed E-state index contributed by atoms with van der Waals surface area (Å²) in [6.45, 7) is 7.87. The summed E-state index contributed by atoms with van der Waals surface area (Å²) in [7, 11) is 1.61. The molecule has 0 spiro atoms. The second kappa shape index (κ2) is 5.52. The summed E-state index contributed by atoms with van der Waals surface area (Å²) in [4.78, 5) is 7.92. The van der Waals surface area contributed by atoms with Crippen molar-refractivity contribution in [3.8, 4) is 5.88 Å². The van der Waals surface area contributed by atoms with Crippen LogP contribution in [0.25, 0.3) is 0 Å². The van der Waals surface area contributed by atoms with Gasteiger partial charge in [0.15, 0.2) is 0 Å². The summed E-state index contributed by atoms with van der Waals surface area (Å²) in [5.41, 5.74) is 1.97. The van der Waals surface area contributed by atoms with Gasteiger partial charge in [-0.2, -0.15) is 0 Å². The Morgan fingerprint density at radius 2 is 1.75 bits per heavy atom. The van der Waals surface area contributed by atoms with E-state index in [1.807, 2.05) is 27.7 Å². The van der Waals surface area contributed by atoms with E-state index in [9.17, 15) is 0 Å². The molecule has 0 radical (unpaired) electrons. The van der Waals surface area contributed by atoms with Gasteiger partial charge in [-0.25, -0.2) is 9.97 Å². The smallest absolute Gasteiger partial charge is 0.219 e. The fourth-order valence-electron chi connectivity index (χ4n) is 0.722. The van der Waals surface area contributed by atoms with Crippen LogP contribution in [0, 0.1) is 13.8 Å². The average Bonchev–Trinajstić information content (AvgIpc) is 2.13. The maximum Gasteiger partial charge on any atom is 0.219 e. The second-order valence-corrected chi connectivity index (χ2v) is 2.09. The van der Waals surface area contributed by atoms with Crippen molar-refractivity contribution in [1.29, 1.82) is 0 Å². The topological polar surface area (TPSA) is 35.0 Å². The van der Waals surface area contributed by atoms with Gasteiger partial charge in [0, 0.05) is 11.3 Å². The van der Waals surface area contributed by atoms with Crippen molar-refractivity contribution in [2.24, 2.45) is 0 Å². The fourth-order valence-corrected chi connectivity index (χ4v) is 0.722. The van der Waals surface area contributed by atoms with Crippen LogP contribution in [0.1, 0.15) is 25.1 Å². The lowest BCUT2D eigenvalue weighted by atomic mass is 10.3. The van der Waals surface area contributed by atoms with Gasteiger partial charge in [-0.1, -0.05) is 13.8 Å². The highest BCUT2D eigenvalue weighted by molar-refractivity contribution is 5.26. The van der Waals surface area contributed by atoms with Gasteiger partial charge < -0.3 is 4.74 Å².